The van der Waals surface area contributed by atoms with Crippen molar-refractivity contribution in [2.75, 3.05) is 13.2 Å². The molecule has 0 unspecified atom stereocenters. The first-order valence-corrected chi connectivity index (χ1v) is 15.7. The topological polar surface area (TPSA) is 88.9 Å². The summed E-state index contributed by atoms with van der Waals surface area (Å²) in [7, 11) is 0. The molecule has 0 radical (unpaired) electrons. The number of carboxylic acids is 1. The molecule has 6 nitrogen and oxygen atoms in total. The Hall–Kier alpha value is -3.84. The molecule has 0 fully saturated rings. The van der Waals surface area contributed by atoms with Crippen molar-refractivity contribution in [3.63, 3.8) is 0 Å². The Balaban J connectivity index is 1.80. The zero-order chi connectivity index (χ0) is 31.4. The van der Waals surface area contributed by atoms with Crippen LogP contribution in [0.1, 0.15) is 78.9 Å². The predicted molar refractivity (Wildman–Crippen MR) is 176 cm³/mol. The summed E-state index contributed by atoms with van der Waals surface area (Å²) in [6.07, 6.45) is 1.48. The molecule has 7 heteroatoms. The summed E-state index contributed by atoms with van der Waals surface area (Å²) >= 11 is 1.63. The van der Waals surface area contributed by atoms with Crippen LogP contribution >= 0.6 is 11.3 Å². The van der Waals surface area contributed by atoms with Gasteiger partial charge in [0.25, 0.3) is 0 Å². The average Bonchev–Trinajstić information content (AvgIpc) is 3.39. The van der Waals surface area contributed by atoms with E-state index in [9.17, 15) is 9.90 Å². The highest BCUT2D eigenvalue weighted by atomic mass is 32.1. The number of carboxylic acid groups (broad SMARTS) is 1. The molecule has 0 aliphatic rings. The SMILES string of the molecule is CCCOc1ccc(-c2sc(-c3cc(C(C)(C)C)c(O)c(C(C)(C)C)c3)nc2-c2ccc(OCCCC(=O)O)cc2)cc1. The van der Waals surface area contributed by atoms with Crippen molar-refractivity contribution in [3.8, 4) is 49.5 Å². The number of ether oxygens (including phenoxy) is 2. The third kappa shape index (κ3) is 7.96. The number of aliphatic carboxylic acids is 1. The smallest absolute Gasteiger partial charge is 0.303 e. The third-order valence-corrected chi connectivity index (χ3v) is 8.27. The molecule has 43 heavy (non-hydrogen) atoms. The molecular weight excluding hydrogens is 558 g/mol. The van der Waals surface area contributed by atoms with Gasteiger partial charge >= 0.3 is 5.97 Å². The molecule has 0 amide bonds. The van der Waals surface area contributed by atoms with Gasteiger partial charge in [-0.25, -0.2) is 4.98 Å². The second-order valence-electron chi connectivity index (χ2n) is 12.9. The van der Waals surface area contributed by atoms with Crippen molar-refractivity contribution in [1.82, 2.24) is 4.98 Å². The number of aromatic hydroxyl groups is 1. The van der Waals surface area contributed by atoms with Crippen LogP contribution in [-0.2, 0) is 15.6 Å². The van der Waals surface area contributed by atoms with Gasteiger partial charge in [-0.05, 0) is 89.9 Å². The summed E-state index contributed by atoms with van der Waals surface area (Å²) < 4.78 is 11.6. The Morgan fingerprint density at radius 2 is 1.30 bits per heavy atom. The number of phenolic OH excluding ortho intramolecular Hbond substituents is 1. The van der Waals surface area contributed by atoms with E-state index in [1.165, 1.54) is 0 Å². The minimum atomic E-state index is -0.825. The van der Waals surface area contributed by atoms with Gasteiger partial charge in [0.2, 0.25) is 0 Å². The molecule has 4 aromatic rings. The van der Waals surface area contributed by atoms with E-state index in [0.717, 1.165) is 55.6 Å². The fraction of sp³-hybridized carbons (Fsp3) is 0.389. The Morgan fingerprint density at radius 1 is 0.791 bits per heavy atom. The monoisotopic (exact) mass is 601 g/mol. The van der Waals surface area contributed by atoms with E-state index in [-0.39, 0.29) is 17.3 Å². The maximum atomic E-state index is 11.3. The molecule has 0 saturated heterocycles. The Kier molecular flexibility index (Phi) is 9.86. The van der Waals surface area contributed by atoms with Gasteiger partial charge in [0.05, 0.1) is 23.8 Å². The largest absolute Gasteiger partial charge is 0.507 e. The highest BCUT2D eigenvalue weighted by molar-refractivity contribution is 7.19. The number of carbonyl (C=O) groups is 1. The van der Waals surface area contributed by atoms with Crippen LogP contribution in [0.15, 0.2) is 60.7 Å². The Labute approximate surface area is 259 Å². The van der Waals surface area contributed by atoms with E-state index in [1.807, 2.05) is 36.4 Å². The van der Waals surface area contributed by atoms with Crippen molar-refractivity contribution >= 4 is 17.3 Å². The molecule has 0 bridgehead atoms. The number of aromatic nitrogens is 1. The van der Waals surface area contributed by atoms with E-state index in [0.29, 0.717) is 31.1 Å². The molecule has 2 N–H and O–H groups in total. The van der Waals surface area contributed by atoms with Crippen molar-refractivity contribution < 1.29 is 24.5 Å². The standard InChI is InChI=1S/C36H43NO5S/c1-8-19-41-26-17-13-24(14-18-26)33-31(23-11-15-27(16-12-23)42-20-9-10-30(38)39)37-34(43-33)25-21-28(35(2,3)4)32(40)29(22-25)36(5,6)7/h11-18,21-22,40H,8-10,19-20H2,1-7H3,(H,38,39). The molecule has 228 valence electrons. The lowest BCUT2D eigenvalue weighted by atomic mass is 9.78. The fourth-order valence-electron chi connectivity index (χ4n) is 4.78. The molecule has 0 aliphatic heterocycles. The number of hydrogen-bond acceptors (Lipinski definition) is 6. The molecule has 0 aliphatic carbocycles. The molecule has 0 spiro atoms. The number of nitrogens with zero attached hydrogens (tertiary/aromatic N) is 1. The number of phenols is 1. The van der Waals surface area contributed by atoms with Gasteiger partial charge in [-0.1, -0.05) is 48.5 Å². The van der Waals surface area contributed by atoms with Crippen LogP contribution in [0.3, 0.4) is 0 Å². The Morgan fingerprint density at radius 3 is 1.79 bits per heavy atom. The quantitative estimate of drug-likeness (QED) is 0.166. The van der Waals surface area contributed by atoms with Gasteiger partial charge in [-0.3, -0.25) is 4.79 Å². The molecular formula is C36H43NO5S. The highest BCUT2D eigenvalue weighted by Crippen LogP contribution is 2.46. The summed E-state index contributed by atoms with van der Waals surface area (Å²) in [5.74, 6) is 1.05. The van der Waals surface area contributed by atoms with Gasteiger partial charge in [0, 0.05) is 28.7 Å². The second-order valence-corrected chi connectivity index (χ2v) is 13.9. The van der Waals surface area contributed by atoms with Crippen molar-refractivity contribution in [3.05, 3.63) is 71.8 Å². The minimum absolute atomic E-state index is 0.0798. The molecule has 1 aromatic heterocycles. The number of hydrogen-bond donors (Lipinski definition) is 2. The fourth-order valence-corrected chi connectivity index (χ4v) is 5.86. The first kappa shape index (κ1) is 32.1. The van der Waals surface area contributed by atoms with E-state index in [1.54, 1.807) is 11.3 Å². The second kappa shape index (κ2) is 13.2. The lowest BCUT2D eigenvalue weighted by molar-refractivity contribution is -0.137. The minimum Gasteiger partial charge on any atom is -0.507 e. The third-order valence-electron chi connectivity index (χ3n) is 7.12. The lowest BCUT2D eigenvalue weighted by Gasteiger charge is -2.28. The normalized spacial score (nSPS) is 11.9. The summed E-state index contributed by atoms with van der Waals surface area (Å²) in [4.78, 5) is 17.0. The summed E-state index contributed by atoms with van der Waals surface area (Å²) in [5.41, 5.74) is 5.13. The van der Waals surface area contributed by atoms with Crippen LogP contribution in [0.4, 0.5) is 0 Å². The lowest BCUT2D eigenvalue weighted by Crippen LogP contribution is -2.17. The van der Waals surface area contributed by atoms with Gasteiger partial charge < -0.3 is 19.7 Å². The van der Waals surface area contributed by atoms with Crippen molar-refractivity contribution in [1.29, 1.82) is 0 Å². The molecule has 0 atom stereocenters. The van der Waals surface area contributed by atoms with E-state index >= 15 is 0 Å². The molecule has 0 saturated carbocycles. The Bertz CT molecular complexity index is 1510. The first-order chi connectivity index (χ1) is 20.3. The molecule has 1 heterocycles. The number of benzene rings is 3. The van der Waals surface area contributed by atoms with Crippen molar-refractivity contribution in [2.45, 2.75) is 78.6 Å². The van der Waals surface area contributed by atoms with Gasteiger partial charge in [0.15, 0.2) is 0 Å². The van der Waals surface area contributed by atoms with Crippen LogP contribution in [-0.4, -0.2) is 34.4 Å². The molecule has 4 rings (SSSR count). The van der Waals surface area contributed by atoms with E-state index < -0.39 is 5.97 Å². The van der Waals surface area contributed by atoms with Gasteiger partial charge in [-0.2, -0.15) is 0 Å². The van der Waals surface area contributed by atoms with Gasteiger partial charge in [-0.15, -0.1) is 11.3 Å². The van der Waals surface area contributed by atoms with Crippen LogP contribution < -0.4 is 9.47 Å². The average molecular weight is 602 g/mol. The zero-order valence-corrected chi connectivity index (χ0v) is 27.1. The summed E-state index contributed by atoms with van der Waals surface area (Å²) in [6.45, 7) is 15.8. The van der Waals surface area contributed by atoms with Crippen molar-refractivity contribution in [2.24, 2.45) is 0 Å². The maximum Gasteiger partial charge on any atom is 0.303 e. The van der Waals surface area contributed by atoms with Crippen LogP contribution in [0.2, 0.25) is 0 Å². The number of rotatable bonds is 11. The van der Waals surface area contributed by atoms with Crippen LogP contribution in [0, 0.1) is 0 Å². The van der Waals surface area contributed by atoms with Gasteiger partial charge in [0.1, 0.15) is 22.3 Å². The van der Waals surface area contributed by atoms with Crippen LogP contribution in [0.25, 0.3) is 32.3 Å². The number of thiazole rings is 1. The van der Waals surface area contributed by atoms with Crippen LogP contribution in [0.5, 0.6) is 17.2 Å². The summed E-state index contributed by atoms with van der Waals surface area (Å²) in [5, 5.41) is 21.0. The predicted octanol–water partition coefficient (Wildman–Crippen LogP) is 9.48. The zero-order valence-electron chi connectivity index (χ0n) is 26.3. The van der Waals surface area contributed by atoms with E-state index in [4.69, 9.17) is 19.6 Å². The first-order valence-electron chi connectivity index (χ1n) is 14.9. The highest BCUT2D eigenvalue weighted by Gasteiger charge is 2.28. The maximum absolute atomic E-state index is 11.3. The van der Waals surface area contributed by atoms with E-state index in [2.05, 4.69) is 72.7 Å². The molecule has 3 aromatic carbocycles. The summed E-state index contributed by atoms with van der Waals surface area (Å²) in [6, 6.07) is 20.1.